The molecule has 0 saturated carbocycles. The normalized spacial score (nSPS) is 14.6. The fourth-order valence-electron chi connectivity index (χ4n) is 6.20. The summed E-state index contributed by atoms with van der Waals surface area (Å²) in [4.78, 5) is 32.5. The molecule has 0 aromatic heterocycles. The molecule has 0 bridgehead atoms. The first kappa shape index (κ1) is 48.4. The summed E-state index contributed by atoms with van der Waals surface area (Å²) in [6, 6.07) is 35.5. The van der Waals surface area contributed by atoms with E-state index in [2.05, 4.69) is 105 Å². The molecule has 6 rings (SSSR count). The van der Waals surface area contributed by atoms with Gasteiger partial charge < -0.3 is 37.6 Å². The number of para-hydroxylation sites is 1. The van der Waals surface area contributed by atoms with Crippen LogP contribution in [0.15, 0.2) is 112 Å². The molecule has 0 atom stereocenters. The standard InChI is InChI=1S/C20H24BrNO.C11H14BrNO.C9H12O.2CO2.ClH/c1-2-15-23-19-9-5-17(6-10-19)20(11-13-22-14-12-20)16-3-7-18(21)8-4-16;12-10-3-1-9(2-4-10)11(14)5-7-13-8-6-11;1-2-8-10-9-6-4-3-5-7-9;2*2-1-3;/h3-10,22H,2,11-15H2,1H3;1-4,13-14H,5-8H2;3-7H,2,8H2,1H3;;;1H. The molecular weight excluding hydrogens is 840 g/mol. The molecule has 4 N–H and O–H groups in total. The van der Waals surface area contributed by atoms with E-state index in [1.165, 1.54) is 37.1 Å². The third kappa shape index (κ3) is 16.8. The van der Waals surface area contributed by atoms with Crippen molar-refractivity contribution in [3.63, 3.8) is 0 Å². The van der Waals surface area contributed by atoms with E-state index < -0.39 is 5.60 Å². The lowest BCUT2D eigenvalue weighted by atomic mass is 9.68. The Balaban J connectivity index is 0.000000402. The maximum absolute atomic E-state index is 10.4. The zero-order chi connectivity index (χ0) is 38.8. The van der Waals surface area contributed by atoms with Crippen molar-refractivity contribution in [1.29, 1.82) is 0 Å². The number of hydrogen-bond donors (Lipinski definition) is 3. The number of rotatable bonds is 9. The maximum Gasteiger partial charge on any atom is 0.373 e. The molecule has 2 heterocycles. The third-order valence-electron chi connectivity index (χ3n) is 8.86. The van der Waals surface area contributed by atoms with Crippen molar-refractivity contribution in [2.75, 3.05) is 39.4 Å². The van der Waals surface area contributed by atoms with Gasteiger partial charge in [-0.05, 0) is 104 Å². The van der Waals surface area contributed by atoms with Crippen molar-refractivity contribution in [2.45, 2.75) is 63.4 Å². The zero-order valence-electron chi connectivity index (χ0n) is 30.9. The molecule has 292 valence electrons. The molecule has 2 aliphatic rings. The molecule has 12 heteroatoms. The lowest BCUT2D eigenvalue weighted by Gasteiger charge is -2.37. The number of nitrogens with two attached hydrogens (primary N) is 1. The van der Waals surface area contributed by atoms with Crippen LogP contribution in [-0.2, 0) is 30.2 Å². The number of carbonyl (C=O) groups excluding carboxylic acids is 4. The smallest absolute Gasteiger partial charge is 0.373 e. The summed E-state index contributed by atoms with van der Waals surface area (Å²) in [5.74, 6) is 1.94. The Morgan fingerprint density at radius 3 is 1.44 bits per heavy atom. The van der Waals surface area contributed by atoms with Crippen LogP contribution in [0.4, 0.5) is 0 Å². The van der Waals surface area contributed by atoms with Crippen LogP contribution in [0, 0.1) is 0 Å². The highest BCUT2D eigenvalue weighted by atomic mass is 79.9. The second kappa shape index (κ2) is 27.9. The first-order chi connectivity index (χ1) is 25.7. The predicted octanol–water partition coefficient (Wildman–Crippen LogP) is 4.21. The molecule has 54 heavy (non-hydrogen) atoms. The predicted molar refractivity (Wildman–Crippen MR) is 210 cm³/mol. The Morgan fingerprint density at radius 2 is 1.02 bits per heavy atom. The third-order valence-corrected chi connectivity index (χ3v) is 9.91. The molecule has 0 unspecified atom stereocenters. The first-order valence-electron chi connectivity index (χ1n) is 17.9. The van der Waals surface area contributed by atoms with Crippen LogP contribution in [0.5, 0.6) is 11.5 Å². The average Bonchev–Trinajstić information content (AvgIpc) is 3.19. The van der Waals surface area contributed by atoms with Crippen molar-refractivity contribution >= 4 is 44.2 Å². The Bertz CT molecular complexity index is 1610. The van der Waals surface area contributed by atoms with Gasteiger partial charge in [-0.25, -0.2) is 0 Å². The SMILES string of the molecule is CCCOc1ccc(C2(c3ccc(Br)cc3)CC[NH2+]CC2)cc1.CCCOc1ccccc1.O=C=O.O=C=O.OC1(c2ccc(Br)cc2)CCNCC1.[Cl-]. The van der Waals surface area contributed by atoms with Gasteiger partial charge in [0, 0.05) is 27.2 Å². The topological polar surface area (TPSA) is 136 Å². The van der Waals surface area contributed by atoms with Crippen molar-refractivity contribution in [3.8, 4) is 11.5 Å². The highest BCUT2D eigenvalue weighted by Crippen LogP contribution is 2.40. The van der Waals surface area contributed by atoms with Crippen molar-refractivity contribution in [2.24, 2.45) is 0 Å². The fraction of sp³-hybridized carbons (Fsp3) is 0.381. The minimum atomic E-state index is -0.619. The molecule has 0 spiro atoms. The fourth-order valence-corrected chi connectivity index (χ4v) is 6.72. The molecule has 2 fully saturated rings. The van der Waals surface area contributed by atoms with Crippen molar-refractivity contribution in [1.82, 2.24) is 5.32 Å². The van der Waals surface area contributed by atoms with E-state index in [1.807, 2.05) is 54.6 Å². The molecule has 2 aliphatic heterocycles. The minimum absolute atomic E-state index is 0. The summed E-state index contributed by atoms with van der Waals surface area (Å²) in [6.45, 7) is 9.99. The van der Waals surface area contributed by atoms with Crippen molar-refractivity contribution in [3.05, 3.63) is 129 Å². The van der Waals surface area contributed by atoms with Crippen molar-refractivity contribution < 1.29 is 51.5 Å². The van der Waals surface area contributed by atoms with Gasteiger partial charge in [0.25, 0.3) is 0 Å². The number of piperidine rings is 2. The summed E-state index contributed by atoms with van der Waals surface area (Å²) < 4.78 is 13.3. The molecule has 4 aromatic carbocycles. The Kier molecular flexibility index (Phi) is 25.0. The van der Waals surface area contributed by atoms with Gasteiger partial charge in [-0.1, -0.05) is 100 Å². The Labute approximate surface area is 342 Å². The van der Waals surface area contributed by atoms with Gasteiger partial charge in [-0.15, -0.1) is 0 Å². The van der Waals surface area contributed by atoms with Gasteiger partial charge in [0.2, 0.25) is 0 Å². The van der Waals surface area contributed by atoms with E-state index in [1.54, 1.807) is 0 Å². The summed E-state index contributed by atoms with van der Waals surface area (Å²) in [5.41, 5.74) is 3.39. The van der Waals surface area contributed by atoms with Gasteiger partial charge >= 0.3 is 12.3 Å². The minimum Gasteiger partial charge on any atom is -1.00 e. The van der Waals surface area contributed by atoms with Crippen LogP contribution in [0.2, 0.25) is 0 Å². The molecule has 0 aliphatic carbocycles. The molecule has 0 radical (unpaired) electrons. The number of ether oxygens (including phenoxy) is 2. The quantitative estimate of drug-likeness (QED) is 0.228. The second-order valence-electron chi connectivity index (χ2n) is 12.4. The average molecular weight is 891 g/mol. The van der Waals surface area contributed by atoms with Crippen LogP contribution < -0.4 is 32.5 Å². The highest BCUT2D eigenvalue weighted by molar-refractivity contribution is 9.10. The van der Waals surface area contributed by atoms with Crippen LogP contribution >= 0.6 is 31.9 Å². The monoisotopic (exact) mass is 888 g/mol. The van der Waals surface area contributed by atoms with E-state index >= 15 is 0 Å². The van der Waals surface area contributed by atoms with E-state index in [-0.39, 0.29) is 30.1 Å². The van der Waals surface area contributed by atoms with Crippen LogP contribution in [-0.4, -0.2) is 56.8 Å². The van der Waals surface area contributed by atoms with E-state index in [4.69, 9.17) is 28.7 Å². The van der Waals surface area contributed by atoms with Gasteiger partial charge in [-0.2, -0.15) is 19.2 Å². The van der Waals surface area contributed by atoms with Gasteiger partial charge in [0.15, 0.2) is 0 Å². The second-order valence-corrected chi connectivity index (χ2v) is 14.3. The molecular formula is C42H51Br2ClN2O7. The summed E-state index contributed by atoms with van der Waals surface area (Å²) in [6.07, 6.45) is 6.58. The largest absolute Gasteiger partial charge is 1.00 e. The molecule has 0 amide bonds. The lowest BCUT2D eigenvalue weighted by molar-refractivity contribution is -0.665. The first-order valence-corrected chi connectivity index (χ1v) is 19.5. The van der Waals surface area contributed by atoms with E-state index in [0.29, 0.717) is 0 Å². The molecule has 2 saturated heterocycles. The number of halogens is 3. The number of aliphatic hydroxyl groups is 1. The van der Waals surface area contributed by atoms with Gasteiger partial charge in [0.05, 0.1) is 31.9 Å². The zero-order valence-corrected chi connectivity index (χ0v) is 34.8. The summed E-state index contributed by atoms with van der Waals surface area (Å²) in [5, 5.41) is 16.1. The maximum atomic E-state index is 10.4. The molecule has 4 aromatic rings. The van der Waals surface area contributed by atoms with E-state index in [0.717, 1.165) is 78.0 Å². The summed E-state index contributed by atoms with van der Waals surface area (Å²) in [7, 11) is 0. The number of quaternary nitrogens is 1. The summed E-state index contributed by atoms with van der Waals surface area (Å²) >= 11 is 6.95. The Hall–Kier alpha value is -3.63. The Morgan fingerprint density at radius 1 is 0.630 bits per heavy atom. The van der Waals surface area contributed by atoms with E-state index in [9.17, 15) is 5.11 Å². The number of benzene rings is 4. The number of hydrogen-bond acceptors (Lipinski definition) is 8. The lowest BCUT2D eigenvalue weighted by Crippen LogP contribution is -3.00. The highest BCUT2D eigenvalue weighted by Gasteiger charge is 2.37. The van der Waals surface area contributed by atoms with Gasteiger partial charge in [0.1, 0.15) is 11.5 Å². The van der Waals surface area contributed by atoms with Gasteiger partial charge in [-0.3, -0.25) is 0 Å². The van der Waals surface area contributed by atoms with Crippen LogP contribution in [0.25, 0.3) is 0 Å². The number of nitrogens with one attached hydrogen (secondary N) is 1. The molecule has 9 nitrogen and oxygen atoms in total. The van der Waals surface area contributed by atoms with Crippen LogP contribution in [0.1, 0.15) is 69.1 Å². The van der Waals surface area contributed by atoms with Crippen LogP contribution in [0.3, 0.4) is 0 Å².